The highest BCUT2D eigenvalue weighted by molar-refractivity contribution is 7.99. The maximum atomic E-state index is 13.0. The van der Waals surface area contributed by atoms with E-state index in [0.29, 0.717) is 17.9 Å². The van der Waals surface area contributed by atoms with Gasteiger partial charge in [0.15, 0.2) is 0 Å². The summed E-state index contributed by atoms with van der Waals surface area (Å²) in [5, 5.41) is 0. The van der Waals surface area contributed by atoms with Gasteiger partial charge in [-0.2, -0.15) is 0 Å². The van der Waals surface area contributed by atoms with Gasteiger partial charge in [0, 0.05) is 30.6 Å². The van der Waals surface area contributed by atoms with Crippen LogP contribution in [0.2, 0.25) is 0 Å². The molecule has 31 heavy (non-hydrogen) atoms. The van der Waals surface area contributed by atoms with E-state index in [4.69, 9.17) is 0 Å². The lowest BCUT2D eigenvalue weighted by molar-refractivity contribution is -0.116. The zero-order chi connectivity index (χ0) is 21.8. The van der Waals surface area contributed by atoms with E-state index in [1.807, 2.05) is 24.3 Å². The monoisotopic (exact) mass is 459 g/mol. The van der Waals surface area contributed by atoms with E-state index >= 15 is 0 Å². The number of fused-ring (bicyclic) bond motifs is 1. The lowest BCUT2D eigenvalue weighted by Crippen LogP contribution is -2.29. The van der Waals surface area contributed by atoms with Gasteiger partial charge in [0.1, 0.15) is 0 Å². The number of thioether (sulfide) groups is 1. The highest BCUT2D eigenvalue weighted by Crippen LogP contribution is 2.36. The molecule has 0 radical (unpaired) electrons. The van der Waals surface area contributed by atoms with Crippen molar-refractivity contribution in [2.24, 2.45) is 0 Å². The Hall–Kier alpha value is -2.03. The third-order valence-corrected chi connectivity index (χ3v) is 8.28. The number of amides is 1. The van der Waals surface area contributed by atoms with Crippen molar-refractivity contribution in [1.29, 1.82) is 0 Å². The summed E-state index contributed by atoms with van der Waals surface area (Å²) in [6, 6.07) is 12.6. The smallest absolute Gasteiger partial charge is 0.261 e. The van der Waals surface area contributed by atoms with Crippen LogP contribution in [-0.2, 0) is 21.4 Å². The molecule has 0 spiro atoms. The summed E-state index contributed by atoms with van der Waals surface area (Å²) >= 11 is 1.66. The topological polar surface area (TPSA) is 69.7 Å². The molecule has 1 fully saturated rings. The van der Waals surface area contributed by atoms with Gasteiger partial charge in [0.05, 0.1) is 10.6 Å². The van der Waals surface area contributed by atoms with Crippen molar-refractivity contribution in [3.63, 3.8) is 0 Å². The molecule has 2 aliphatic rings. The molecular formula is C23H29N3O3S2. The van der Waals surface area contributed by atoms with Crippen LogP contribution < -0.4 is 9.62 Å². The third-order valence-electron chi connectivity index (χ3n) is 5.76. The second-order valence-electron chi connectivity index (χ2n) is 8.14. The summed E-state index contributed by atoms with van der Waals surface area (Å²) in [5.41, 5.74) is 2.40. The van der Waals surface area contributed by atoms with E-state index < -0.39 is 10.0 Å². The minimum atomic E-state index is -3.76. The van der Waals surface area contributed by atoms with Gasteiger partial charge in [-0.25, -0.2) is 8.42 Å². The van der Waals surface area contributed by atoms with E-state index in [0.717, 1.165) is 36.7 Å². The first-order valence-electron chi connectivity index (χ1n) is 10.8. The number of nitrogens with one attached hydrogen (secondary N) is 1. The number of sulfonamides is 1. The first-order valence-corrected chi connectivity index (χ1v) is 13.3. The summed E-state index contributed by atoms with van der Waals surface area (Å²) in [6.45, 7) is 5.27. The predicted molar refractivity (Wildman–Crippen MR) is 126 cm³/mol. The minimum Gasteiger partial charge on any atom is -0.311 e. The molecular weight excluding hydrogens is 430 g/mol. The van der Waals surface area contributed by atoms with Crippen LogP contribution in [0, 0.1) is 0 Å². The molecule has 2 aromatic carbocycles. The van der Waals surface area contributed by atoms with E-state index in [1.165, 1.54) is 31.7 Å². The quantitative estimate of drug-likeness (QED) is 0.721. The van der Waals surface area contributed by atoms with Crippen LogP contribution in [-0.4, -0.2) is 44.6 Å². The third kappa shape index (κ3) is 5.42. The largest absolute Gasteiger partial charge is 0.311 e. The average Bonchev–Trinajstić information content (AvgIpc) is 2.98. The van der Waals surface area contributed by atoms with Gasteiger partial charge in [-0.3, -0.25) is 14.4 Å². The van der Waals surface area contributed by atoms with Gasteiger partial charge in [0.25, 0.3) is 10.0 Å². The Labute approximate surface area is 189 Å². The minimum absolute atomic E-state index is 0.0736. The number of rotatable bonds is 5. The van der Waals surface area contributed by atoms with E-state index in [2.05, 4.69) is 9.62 Å². The lowest BCUT2D eigenvalue weighted by Gasteiger charge is -2.26. The van der Waals surface area contributed by atoms with Gasteiger partial charge in [-0.1, -0.05) is 18.6 Å². The first-order chi connectivity index (χ1) is 14.9. The normalized spacial score (nSPS) is 17.6. The number of hydrogen-bond donors (Lipinski definition) is 1. The molecule has 166 valence electrons. The van der Waals surface area contributed by atoms with Gasteiger partial charge < -0.3 is 4.90 Å². The maximum Gasteiger partial charge on any atom is 0.261 e. The van der Waals surface area contributed by atoms with E-state index in [-0.39, 0.29) is 10.8 Å². The molecule has 2 aliphatic heterocycles. The van der Waals surface area contributed by atoms with Crippen LogP contribution in [0.15, 0.2) is 52.3 Å². The molecule has 8 heteroatoms. The number of piperidine rings is 1. The molecule has 2 heterocycles. The molecule has 2 aromatic rings. The molecule has 0 aliphatic carbocycles. The Kier molecular flexibility index (Phi) is 6.89. The molecule has 0 saturated carbocycles. The number of benzene rings is 2. The Morgan fingerprint density at radius 3 is 2.45 bits per heavy atom. The SMILES string of the molecule is CC(=O)N1CCCSc2ccc(S(=O)(=O)Nc3ccc(CN4CCCCC4)cc3)cc21. The number of carbonyl (C=O) groups excluding carboxylic acids is 1. The van der Waals surface area contributed by atoms with Crippen LogP contribution in [0.4, 0.5) is 11.4 Å². The summed E-state index contributed by atoms with van der Waals surface area (Å²) in [4.78, 5) is 17.3. The van der Waals surface area contributed by atoms with Crippen molar-refractivity contribution >= 4 is 39.1 Å². The van der Waals surface area contributed by atoms with Gasteiger partial charge in [0.2, 0.25) is 5.91 Å². The zero-order valence-corrected chi connectivity index (χ0v) is 19.5. The molecule has 4 rings (SSSR count). The highest BCUT2D eigenvalue weighted by atomic mass is 32.2. The Bertz CT molecular complexity index is 1030. The van der Waals surface area contributed by atoms with Gasteiger partial charge >= 0.3 is 0 Å². The van der Waals surface area contributed by atoms with Crippen LogP contribution >= 0.6 is 11.8 Å². The number of carbonyl (C=O) groups is 1. The number of hydrogen-bond acceptors (Lipinski definition) is 5. The molecule has 0 bridgehead atoms. The maximum absolute atomic E-state index is 13.0. The highest BCUT2D eigenvalue weighted by Gasteiger charge is 2.23. The fourth-order valence-electron chi connectivity index (χ4n) is 4.12. The second kappa shape index (κ2) is 9.63. The molecule has 0 aromatic heterocycles. The summed E-state index contributed by atoms with van der Waals surface area (Å²) in [5.74, 6) is 0.834. The van der Waals surface area contributed by atoms with Crippen LogP contribution in [0.5, 0.6) is 0 Å². The first kappa shape index (κ1) is 22.2. The molecule has 1 N–H and O–H groups in total. The number of likely N-dealkylation sites (tertiary alicyclic amines) is 1. The van der Waals surface area contributed by atoms with Crippen LogP contribution in [0.1, 0.15) is 38.2 Å². The number of anilines is 2. The Morgan fingerprint density at radius 1 is 1.00 bits per heavy atom. The fourth-order valence-corrected chi connectivity index (χ4v) is 6.17. The van der Waals surface area contributed by atoms with Crippen molar-refractivity contribution in [2.75, 3.05) is 35.0 Å². The van der Waals surface area contributed by atoms with Crippen LogP contribution in [0.25, 0.3) is 0 Å². The molecule has 1 amide bonds. The van der Waals surface area contributed by atoms with E-state index in [9.17, 15) is 13.2 Å². The van der Waals surface area contributed by atoms with Gasteiger partial charge in [-0.15, -0.1) is 11.8 Å². The van der Waals surface area contributed by atoms with Crippen molar-refractivity contribution in [3.05, 3.63) is 48.0 Å². The van der Waals surface area contributed by atoms with Gasteiger partial charge in [-0.05, 0) is 74.0 Å². The second-order valence-corrected chi connectivity index (χ2v) is 11.0. The number of nitrogens with zero attached hydrogens (tertiary/aromatic N) is 2. The zero-order valence-electron chi connectivity index (χ0n) is 17.8. The van der Waals surface area contributed by atoms with E-state index in [1.54, 1.807) is 34.9 Å². The molecule has 1 saturated heterocycles. The molecule has 0 atom stereocenters. The van der Waals surface area contributed by atoms with Crippen molar-refractivity contribution < 1.29 is 13.2 Å². The Morgan fingerprint density at radius 2 is 1.74 bits per heavy atom. The fraction of sp³-hybridized carbons (Fsp3) is 0.435. The van der Waals surface area contributed by atoms with Crippen LogP contribution in [0.3, 0.4) is 0 Å². The lowest BCUT2D eigenvalue weighted by atomic mass is 10.1. The van der Waals surface area contributed by atoms with Crippen molar-refractivity contribution in [1.82, 2.24) is 4.90 Å². The Balaban J connectivity index is 1.50. The molecule has 0 unspecified atom stereocenters. The summed E-state index contributed by atoms with van der Waals surface area (Å²) in [7, 11) is -3.76. The van der Waals surface area contributed by atoms with Crippen molar-refractivity contribution in [2.45, 2.75) is 48.9 Å². The summed E-state index contributed by atoms with van der Waals surface area (Å²) in [6.07, 6.45) is 4.68. The standard InChI is InChI=1S/C23H29N3O3S2/c1-18(27)26-14-5-15-30-23-11-10-21(16-22(23)26)31(28,29)24-20-8-6-19(7-9-20)17-25-12-3-2-4-13-25/h6-11,16,24H,2-5,12-15,17H2,1H3. The predicted octanol–water partition coefficient (Wildman–Crippen LogP) is 4.32. The molecule has 6 nitrogen and oxygen atoms in total. The average molecular weight is 460 g/mol. The summed E-state index contributed by atoms with van der Waals surface area (Å²) < 4.78 is 28.7. The van der Waals surface area contributed by atoms with Crippen molar-refractivity contribution in [3.8, 4) is 0 Å².